The van der Waals surface area contributed by atoms with E-state index < -0.39 is 17.2 Å². The van der Waals surface area contributed by atoms with Gasteiger partial charge in [0, 0.05) is 85.6 Å². The topological polar surface area (TPSA) is 170 Å². The van der Waals surface area contributed by atoms with Crippen molar-refractivity contribution in [3.8, 4) is 0 Å². The Morgan fingerprint density at radius 3 is 2.80 bits per heavy atom. The first-order chi connectivity index (χ1) is 27.0. The van der Waals surface area contributed by atoms with Crippen LogP contribution in [0.15, 0.2) is 35.5 Å². The van der Waals surface area contributed by atoms with Crippen LogP contribution in [0.4, 0.5) is 0 Å². The quantitative estimate of drug-likeness (QED) is 0.138. The molecule has 5 N–H and O–H groups in total. The number of ketones is 1. The number of aliphatic hydroxyl groups is 1. The second kappa shape index (κ2) is 15.1. The number of amides is 1. The van der Waals surface area contributed by atoms with Gasteiger partial charge in [-0.15, -0.1) is 0 Å². The minimum Gasteiger partial charge on any atom is -0.462 e. The van der Waals surface area contributed by atoms with Crippen molar-refractivity contribution < 1.29 is 38.5 Å². The third-order valence-electron chi connectivity index (χ3n) is 15.6. The predicted octanol–water partition coefficient (Wildman–Crippen LogP) is 3.43. The van der Waals surface area contributed by atoms with Crippen molar-refractivity contribution >= 4 is 45.2 Å². The number of nitrogens with two attached hydrogens (primary N) is 1. The van der Waals surface area contributed by atoms with Gasteiger partial charge in [-0.05, 0) is 82.7 Å². The molecule has 4 aliphatic carbocycles. The van der Waals surface area contributed by atoms with Crippen LogP contribution >= 0.6 is 21.6 Å². The second-order valence-electron chi connectivity index (χ2n) is 18.2. The van der Waals surface area contributed by atoms with Crippen LogP contribution in [0.2, 0.25) is 0 Å². The van der Waals surface area contributed by atoms with Gasteiger partial charge in [0.2, 0.25) is 5.91 Å². The van der Waals surface area contributed by atoms with Crippen LogP contribution in [0.3, 0.4) is 0 Å². The summed E-state index contributed by atoms with van der Waals surface area (Å²) in [6, 6.07) is -0.0324. The highest BCUT2D eigenvalue weighted by atomic mass is 33.1. The zero-order chi connectivity index (χ0) is 39.1. The Hall–Kier alpha value is -2.20. The fraction of sp³-hybridized carbons (Fsp3) is 0.762. The van der Waals surface area contributed by atoms with Gasteiger partial charge in [-0.3, -0.25) is 14.4 Å². The molecule has 0 aromatic carbocycles. The Balaban J connectivity index is 1.12. The Labute approximate surface area is 337 Å². The number of aliphatic hydroxyl groups excluding tert-OH is 1. The van der Waals surface area contributed by atoms with Crippen molar-refractivity contribution in [2.45, 2.75) is 131 Å². The third kappa shape index (κ3) is 6.29. The van der Waals surface area contributed by atoms with Gasteiger partial charge in [-0.25, -0.2) is 4.79 Å². The first kappa shape index (κ1) is 39.3. The summed E-state index contributed by atoms with van der Waals surface area (Å²) in [6.45, 7) is 4.24. The van der Waals surface area contributed by atoms with Crippen LogP contribution in [0.25, 0.3) is 0 Å². The molecule has 9 aliphatic rings. The van der Waals surface area contributed by atoms with E-state index in [9.17, 15) is 24.3 Å². The van der Waals surface area contributed by atoms with Gasteiger partial charge in [0.1, 0.15) is 17.3 Å². The van der Waals surface area contributed by atoms with Gasteiger partial charge in [0.15, 0.2) is 5.78 Å². The Bertz CT molecular complexity index is 1720. The Kier molecular flexibility index (Phi) is 10.6. The third-order valence-corrected chi connectivity index (χ3v) is 18.4. The SMILES string of the molecule is CC=C(CCO)C(=O)OC1(C)CC=C2CSSC3CC4C(=O)C=CC5C(C4NC)C3N5C(=O)CC3CNC(N)CC3C2C12CC1CC3CCC(=O)OC3CC1O2. The lowest BCUT2D eigenvalue weighted by atomic mass is 9.56. The average molecular weight is 811 g/mol. The van der Waals surface area contributed by atoms with E-state index in [2.05, 4.69) is 21.6 Å². The van der Waals surface area contributed by atoms with E-state index in [0.29, 0.717) is 57.1 Å². The van der Waals surface area contributed by atoms with Crippen LogP contribution < -0.4 is 16.4 Å². The van der Waals surface area contributed by atoms with Gasteiger partial charge in [-0.1, -0.05) is 45.4 Å². The minimum absolute atomic E-state index is 0.0370. The number of hydrogen-bond acceptors (Lipinski definition) is 13. The zero-order valence-electron chi connectivity index (χ0n) is 32.7. The van der Waals surface area contributed by atoms with Crippen LogP contribution in [0.5, 0.6) is 0 Å². The highest BCUT2D eigenvalue weighted by Crippen LogP contribution is 2.63. The molecule has 306 valence electrons. The summed E-state index contributed by atoms with van der Waals surface area (Å²) in [5.41, 5.74) is 6.47. The number of carbonyl (C=O) groups is 4. The molecule has 12 nitrogen and oxygen atoms in total. The highest BCUT2D eigenvalue weighted by Gasteiger charge is 2.68. The number of allylic oxidation sites excluding steroid dienone is 2. The maximum Gasteiger partial charge on any atom is 0.334 e. The maximum atomic E-state index is 14.9. The van der Waals surface area contributed by atoms with E-state index in [-0.39, 0.29) is 114 Å². The molecule has 1 spiro atoms. The molecule has 0 aromatic rings. The molecule has 16 unspecified atom stereocenters. The molecule has 5 saturated heterocycles. The molecular formula is C42H58N4O8S2. The number of ether oxygens (including phenoxy) is 3. The number of fused-ring (bicyclic) bond motifs is 8. The van der Waals surface area contributed by atoms with Crippen LogP contribution in [0, 0.1) is 41.4 Å². The molecule has 0 aromatic heterocycles. The standard InChI is InChI=1S/C42H58N4O8S2/c1-4-21(10-12-47)40(51)54-41(2)11-9-23-20-55-56-32-15-27-29(48)7-6-28-36(38(27)44-3)39(32)46(28)34(49)14-25-19-45-33(43)16-26(25)37(23)42(41)18-24-13-22-5-8-35(50)52-30(22)17-31(24)53-42/h4,6-7,9,22,24-28,30-33,36-39,44-45,47H,5,8,10-20,43H2,1-3H3. The van der Waals surface area contributed by atoms with Crippen LogP contribution in [-0.2, 0) is 33.4 Å². The normalized spacial score (nSPS) is 47.1. The fourth-order valence-corrected chi connectivity index (χ4v) is 16.1. The summed E-state index contributed by atoms with van der Waals surface area (Å²) >= 11 is 0. The van der Waals surface area contributed by atoms with E-state index >= 15 is 0 Å². The molecule has 5 aliphatic heterocycles. The summed E-state index contributed by atoms with van der Waals surface area (Å²) in [5.74, 6) is 0.610. The Morgan fingerprint density at radius 1 is 1.18 bits per heavy atom. The smallest absolute Gasteiger partial charge is 0.334 e. The minimum atomic E-state index is -1.07. The van der Waals surface area contributed by atoms with Crippen molar-refractivity contribution in [3.63, 3.8) is 0 Å². The number of nitrogens with zero attached hydrogens (tertiary/aromatic N) is 1. The fourth-order valence-electron chi connectivity index (χ4n) is 13.0. The van der Waals surface area contributed by atoms with Crippen LogP contribution in [0.1, 0.15) is 78.1 Å². The summed E-state index contributed by atoms with van der Waals surface area (Å²) in [6.07, 6.45) is 12.8. The molecule has 56 heavy (non-hydrogen) atoms. The van der Waals surface area contributed by atoms with Gasteiger partial charge in [0.25, 0.3) is 0 Å². The first-order valence-electron chi connectivity index (χ1n) is 21.0. The summed E-state index contributed by atoms with van der Waals surface area (Å²) < 4.78 is 20.2. The summed E-state index contributed by atoms with van der Waals surface area (Å²) in [5, 5.41) is 16.9. The van der Waals surface area contributed by atoms with Crippen molar-refractivity contribution in [1.82, 2.24) is 15.5 Å². The van der Waals surface area contributed by atoms with Gasteiger partial charge in [0.05, 0.1) is 24.4 Å². The van der Waals surface area contributed by atoms with Gasteiger partial charge < -0.3 is 40.6 Å². The number of rotatable bonds is 5. The molecule has 0 radical (unpaired) electrons. The lowest BCUT2D eigenvalue weighted by molar-refractivity contribution is -0.229. The first-order valence-corrected chi connectivity index (χ1v) is 23.4. The molecule has 2 bridgehead atoms. The zero-order valence-corrected chi connectivity index (χ0v) is 34.4. The lowest BCUT2D eigenvalue weighted by Crippen LogP contribution is -2.76. The van der Waals surface area contributed by atoms with Crippen molar-refractivity contribution in [1.29, 1.82) is 0 Å². The molecule has 14 heteroatoms. The van der Waals surface area contributed by atoms with Crippen molar-refractivity contribution in [2.24, 2.45) is 47.2 Å². The highest BCUT2D eigenvalue weighted by molar-refractivity contribution is 8.77. The van der Waals surface area contributed by atoms with E-state index in [4.69, 9.17) is 19.9 Å². The van der Waals surface area contributed by atoms with E-state index in [1.165, 1.54) is 5.57 Å². The molecule has 16 atom stereocenters. The summed E-state index contributed by atoms with van der Waals surface area (Å²) in [7, 11) is 5.58. The van der Waals surface area contributed by atoms with E-state index in [1.807, 2.05) is 41.6 Å². The van der Waals surface area contributed by atoms with Crippen LogP contribution in [-0.4, -0.2) is 113 Å². The molecule has 2 saturated carbocycles. The monoisotopic (exact) mass is 810 g/mol. The van der Waals surface area contributed by atoms with Crippen molar-refractivity contribution in [2.75, 3.05) is 26.0 Å². The molecule has 1 amide bonds. The molecule has 5 heterocycles. The number of carbonyl (C=O) groups excluding carboxylic acids is 4. The Morgan fingerprint density at radius 2 is 2.02 bits per heavy atom. The van der Waals surface area contributed by atoms with E-state index in [1.54, 1.807) is 19.1 Å². The van der Waals surface area contributed by atoms with Crippen molar-refractivity contribution in [3.05, 3.63) is 35.5 Å². The largest absolute Gasteiger partial charge is 0.462 e. The van der Waals surface area contributed by atoms with E-state index in [0.717, 1.165) is 18.6 Å². The number of piperidine rings is 1. The van der Waals surface area contributed by atoms with Gasteiger partial charge >= 0.3 is 11.9 Å². The van der Waals surface area contributed by atoms with Gasteiger partial charge in [-0.2, -0.15) is 0 Å². The number of esters is 2. The predicted molar refractivity (Wildman–Crippen MR) is 213 cm³/mol. The number of nitrogens with one attached hydrogen (secondary N) is 2. The number of hydrogen-bond donors (Lipinski definition) is 4. The molecular weight excluding hydrogens is 753 g/mol. The molecule has 9 rings (SSSR count). The maximum absolute atomic E-state index is 14.9. The lowest BCUT2D eigenvalue weighted by Gasteiger charge is -2.62. The second-order valence-corrected chi connectivity index (χ2v) is 20.8. The summed E-state index contributed by atoms with van der Waals surface area (Å²) in [4.78, 5) is 56.9. The molecule has 7 fully saturated rings. The average Bonchev–Trinajstić information content (AvgIpc) is 3.53.